The topological polar surface area (TPSA) is 46.5 Å². The minimum atomic E-state index is -0.224. The number of esters is 1. The molecule has 0 saturated heterocycles. The van der Waals surface area contributed by atoms with E-state index in [1.54, 1.807) is 6.92 Å². The van der Waals surface area contributed by atoms with Crippen LogP contribution in [0.1, 0.15) is 72.1 Å². The van der Waals surface area contributed by atoms with Gasteiger partial charge in [-0.2, -0.15) is 0 Å². The summed E-state index contributed by atoms with van der Waals surface area (Å²) in [5, 5.41) is 10.0. The first-order chi connectivity index (χ1) is 11.3. The minimum absolute atomic E-state index is 0.119. The van der Waals surface area contributed by atoms with E-state index in [4.69, 9.17) is 4.74 Å². The molecule has 7 atom stereocenters. The number of hydrogen-bond donors (Lipinski definition) is 1. The number of ether oxygens (including phenoxy) is 1. The molecule has 4 aliphatic rings. The van der Waals surface area contributed by atoms with E-state index in [0.717, 1.165) is 37.5 Å². The summed E-state index contributed by atoms with van der Waals surface area (Å²) in [6.45, 7) is 6.39. The monoisotopic (exact) mass is 332 g/mol. The maximum Gasteiger partial charge on any atom is 0.302 e. The van der Waals surface area contributed by atoms with E-state index in [-0.39, 0.29) is 23.6 Å². The lowest BCUT2D eigenvalue weighted by Gasteiger charge is -2.58. The number of rotatable bonds is 1. The first-order valence-corrected chi connectivity index (χ1v) is 9.91. The molecule has 3 heteroatoms. The van der Waals surface area contributed by atoms with Gasteiger partial charge < -0.3 is 9.84 Å². The molecule has 0 aliphatic heterocycles. The average molecular weight is 332 g/mol. The molecule has 0 amide bonds. The van der Waals surface area contributed by atoms with Gasteiger partial charge in [-0.3, -0.25) is 4.79 Å². The molecule has 3 nitrogen and oxygen atoms in total. The summed E-state index contributed by atoms with van der Waals surface area (Å²) < 4.78 is 5.73. The van der Waals surface area contributed by atoms with Gasteiger partial charge in [0.15, 0.2) is 0 Å². The van der Waals surface area contributed by atoms with Gasteiger partial charge in [-0.25, -0.2) is 0 Å². The smallest absolute Gasteiger partial charge is 0.302 e. The summed E-state index contributed by atoms with van der Waals surface area (Å²) in [6.07, 6.45) is 11.2. The molecule has 0 aromatic carbocycles. The summed E-state index contributed by atoms with van der Waals surface area (Å²) >= 11 is 0. The highest BCUT2D eigenvalue weighted by molar-refractivity contribution is 5.66. The SMILES string of the molecule is CC(=O)OC1CCC2C3CCC4=C[C@@H](O)CCC4(C)C3CCC12C. The first kappa shape index (κ1) is 16.6. The van der Waals surface area contributed by atoms with Crippen LogP contribution >= 0.6 is 0 Å². The van der Waals surface area contributed by atoms with Crippen molar-refractivity contribution >= 4 is 5.97 Å². The standard InChI is InChI=1S/C21H32O3/c1-13(22)24-19-7-6-17-16-5-4-14-12-15(23)8-10-20(14,2)18(16)9-11-21(17,19)3/h12,15-19,23H,4-11H2,1-3H3/t15-,16?,17?,18?,19?,20?,21?/m0/s1. The van der Waals surface area contributed by atoms with E-state index in [0.29, 0.717) is 11.3 Å². The summed E-state index contributed by atoms with van der Waals surface area (Å²) in [6, 6.07) is 0. The molecular formula is C21H32O3. The molecule has 3 fully saturated rings. The highest BCUT2D eigenvalue weighted by Gasteiger charge is 2.59. The van der Waals surface area contributed by atoms with Crippen LogP contribution in [0.2, 0.25) is 0 Å². The van der Waals surface area contributed by atoms with Crippen LogP contribution in [0, 0.1) is 28.6 Å². The Balaban J connectivity index is 1.61. The second-order valence-electron chi connectivity index (χ2n) is 9.35. The largest absolute Gasteiger partial charge is 0.462 e. The van der Waals surface area contributed by atoms with Crippen molar-refractivity contribution in [1.29, 1.82) is 0 Å². The van der Waals surface area contributed by atoms with Crippen molar-refractivity contribution < 1.29 is 14.6 Å². The third-order valence-corrected chi connectivity index (χ3v) is 8.31. The van der Waals surface area contributed by atoms with Crippen molar-refractivity contribution in [3.8, 4) is 0 Å². The van der Waals surface area contributed by atoms with Gasteiger partial charge >= 0.3 is 5.97 Å². The van der Waals surface area contributed by atoms with Crippen LogP contribution in [0.3, 0.4) is 0 Å². The fourth-order valence-electron chi connectivity index (χ4n) is 7.06. The van der Waals surface area contributed by atoms with Gasteiger partial charge in [0.25, 0.3) is 0 Å². The van der Waals surface area contributed by atoms with E-state index in [1.807, 2.05) is 0 Å². The van der Waals surface area contributed by atoms with Gasteiger partial charge in [0.05, 0.1) is 6.10 Å². The number of carbonyl (C=O) groups is 1. The number of fused-ring (bicyclic) bond motifs is 5. The van der Waals surface area contributed by atoms with Crippen LogP contribution in [-0.4, -0.2) is 23.3 Å². The highest BCUT2D eigenvalue weighted by Crippen LogP contribution is 2.65. The molecule has 1 N–H and O–H groups in total. The maximum atomic E-state index is 11.5. The Labute approximate surface area is 145 Å². The predicted octanol–water partition coefficient (Wildman–Crippen LogP) is 4.24. The Morgan fingerprint density at radius 1 is 1.12 bits per heavy atom. The lowest BCUT2D eigenvalue weighted by Crippen LogP contribution is -2.51. The molecule has 0 aromatic heterocycles. The Hall–Kier alpha value is -0.830. The zero-order valence-corrected chi connectivity index (χ0v) is 15.4. The molecule has 0 heterocycles. The van der Waals surface area contributed by atoms with Crippen molar-refractivity contribution in [3.05, 3.63) is 11.6 Å². The molecule has 134 valence electrons. The zero-order chi connectivity index (χ0) is 17.1. The Morgan fingerprint density at radius 3 is 2.67 bits per heavy atom. The molecule has 0 aromatic rings. The van der Waals surface area contributed by atoms with Crippen LogP contribution in [0.4, 0.5) is 0 Å². The number of carbonyl (C=O) groups excluding carboxylic acids is 1. The van der Waals surface area contributed by atoms with Gasteiger partial charge in [0.2, 0.25) is 0 Å². The van der Waals surface area contributed by atoms with E-state index in [9.17, 15) is 9.90 Å². The zero-order valence-electron chi connectivity index (χ0n) is 15.4. The second kappa shape index (κ2) is 5.59. The third-order valence-electron chi connectivity index (χ3n) is 8.31. The van der Waals surface area contributed by atoms with E-state index in [1.165, 1.54) is 31.3 Å². The molecule has 0 spiro atoms. The van der Waals surface area contributed by atoms with Crippen LogP contribution in [0.15, 0.2) is 11.6 Å². The summed E-state index contributed by atoms with van der Waals surface area (Å²) in [5.41, 5.74) is 2.00. The van der Waals surface area contributed by atoms with Crippen molar-refractivity contribution in [1.82, 2.24) is 0 Å². The number of hydrogen-bond acceptors (Lipinski definition) is 3. The van der Waals surface area contributed by atoms with Crippen LogP contribution in [0.5, 0.6) is 0 Å². The number of aliphatic hydroxyl groups is 1. The lowest BCUT2D eigenvalue weighted by molar-refractivity contribution is -0.157. The Morgan fingerprint density at radius 2 is 1.92 bits per heavy atom. The molecule has 3 saturated carbocycles. The normalized spacial score (nSPS) is 50.3. The van der Waals surface area contributed by atoms with E-state index >= 15 is 0 Å². The molecular weight excluding hydrogens is 300 g/mol. The van der Waals surface area contributed by atoms with Crippen molar-refractivity contribution in [2.24, 2.45) is 28.6 Å². The van der Waals surface area contributed by atoms with Crippen molar-refractivity contribution in [2.75, 3.05) is 0 Å². The quantitative estimate of drug-likeness (QED) is 0.577. The molecule has 0 radical (unpaired) electrons. The van der Waals surface area contributed by atoms with Gasteiger partial charge in [0.1, 0.15) is 6.10 Å². The third kappa shape index (κ3) is 2.30. The van der Waals surface area contributed by atoms with E-state index < -0.39 is 0 Å². The molecule has 0 bridgehead atoms. The summed E-state index contributed by atoms with van der Waals surface area (Å²) in [7, 11) is 0. The first-order valence-electron chi connectivity index (χ1n) is 9.91. The fraction of sp³-hybridized carbons (Fsp3) is 0.857. The summed E-state index contributed by atoms with van der Waals surface area (Å²) in [5.74, 6) is 2.10. The van der Waals surface area contributed by atoms with Gasteiger partial charge in [0, 0.05) is 12.3 Å². The Kier molecular flexibility index (Phi) is 3.87. The van der Waals surface area contributed by atoms with E-state index in [2.05, 4.69) is 19.9 Å². The molecule has 4 aliphatic carbocycles. The van der Waals surface area contributed by atoms with Gasteiger partial charge in [-0.1, -0.05) is 25.5 Å². The van der Waals surface area contributed by atoms with Crippen molar-refractivity contribution in [3.63, 3.8) is 0 Å². The minimum Gasteiger partial charge on any atom is -0.462 e. The number of allylic oxidation sites excluding steroid dienone is 1. The van der Waals surface area contributed by atoms with Crippen molar-refractivity contribution in [2.45, 2.75) is 84.3 Å². The second-order valence-corrected chi connectivity index (χ2v) is 9.35. The summed E-state index contributed by atoms with van der Waals surface area (Å²) in [4.78, 5) is 11.5. The van der Waals surface area contributed by atoms with Crippen LogP contribution in [0.25, 0.3) is 0 Å². The lowest BCUT2D eigenvalue weighted by atomic mass is 9.47. The Bertz CT molecular complexity index is 567. The highest BCUT2D eigenvalue weighted by atomic mass is 16.5. The fourth-order valence-corrected chi connectivity index (χ4v) is 7.06. The van der Waals surface area contributed by atoms with Crippen LogP contribution < -0.4 is 0 Å². The van der Waals surface area contributed by atoms with Crippen LogP contribution in [-0.2, 0) is 9.53 Å². The predicted molar refractivity (Wildman–Crippen MR) is 93.3 cm³/mol. The average Bonchev–Trinajstić information content (AvgIpc) is 2.84. The van der Waals surface area contributed by atoms with Gasteiger partial charge in [-0.15, -0.1) is 0 Å². The molecule has 4 rings (SSSR count). The molecule has 6 unspecified atom stereocenters. The maximum absolute atomic E-state index is 11.5. The molecule has 24 heavy (non-hydrogen) atoms. The van der Waals surface area contributed by atoms with Gasteiger partial charge in [-0.05, 0) is 74.5 Å². The number of aliphatic hydroxyl groups excluding tert-OH is 1.